The van der Waals surface area contributed by atoms with Gasteiger partial charge in [0.1, 0.15) is 24.4 Å². The van der Waals surface area contributed by atoms with Crippen molar-refractivity contribution in [3.8, 4) is 0 Å². The number of carbonyl (C=O) groups excluding carboxylic acids is 2. The maximum absolute atomic E-state index is 10.2. The molecule has 0 aliphatic carbocycles. The molecule has 9 heteroatoms. The van der Waals surface area contributed by atoms with E-state index in [0.29, 0.717) is 0 Å². The summed E-state index contributed by atoms with van der Waals surface area (Å²) in [6, 6.07) is 0. The van der Waals surface area contributed by atoms with E-state index in [1.807, 2.05) is 0 Å². The molecule has 9 nitrogen and oxygen atoms in total. The number of hydrogen-bond acceptors (Lipinski definition) is 8. The lowest BCUT2D eigenvalue weighted by molar-refractivity contribution is -0.150. The summed E-state index contributed by atoms with van der Waals surface area (Å²) in [4.78, 5) is 29.9. The molecule has 0 rings (SSSR count). The van der Waals surface area contributed by atoms with Gasteiger partial charge in [0.25, 0.3) is 0 Å². The van der Waals surface area contributed by atoms with Crippen molar-refractivity contribution in [2.24, 2.45) is 5.92 Å². The minimum Gasteiger partial charge on any atom is -0.475 e. The molecule has 6 N–H and O–H groups in total. The van der Waals surface area contributed by atoms with E-state index in [1.165, 1.54) is 0 Å². The Balaban J connectivity index is 0. The van der Waals surface area contributed by atoms with E-state index in [1.54, 1.807) is 13.8 Å². The molecule has 4 atom stereocenters. The van der Waals surface area contributed by atoms with Crippen LogP contribution in [0.4, 0.5) is 0 Å². The number of carboxylic acids is 1. The largest absolute Gasteiger partial charge is 0.475 e. The number of ketones is 1. The van der Waals surface area contributed by atoms with Crippen LogP contribution in [0, 0.1) is 5.92 Å². The summed E-state index contributed by atoms with van der Waals surface area (Å²) < 4.78 is 0. The van der Waals surface area contributed by atoms with Crippen molar-refractivity contribution in [3.63, 3.8) is 0 Å². The highest BCUT2D eigenvalue weighted by molar-refractivity contribution is 6.33. The Morgan fingerprint density at radius 3 is 1.70 bits per heavy atom. The molecule has 0 radical (unpaired) electrons. The summed E-state index contributed by atoms with van der Waals surface area (Å²) in [5.41, 5.74) is 0. The van der Waals surface area contributed by atoms with Gasteiger partial charge in [-0.15, -0.1) is 0 Å². The third kappa shape index (κ3) is 7.92. The number of carbonyl (C=O) groups is 3. The topological polar surface area (TPSA) is 173 Å². The van der Waals surface area contributed by atoms with Crippen LogP contribution < -0.4 is 0 Å². The number of rotatable bonds is 7. The fraction of sp³-hybridized carbons (Fsp3) is 0.727. The van der Waals surface area contributed by atoms with E-state index in [0.717, 1.165) is 0 Å². The fourth-order valence-corrected chi connectivity index (χ4v) is 0.865. The Morgan fingerprint density at radius 1 is 1.05 bits per heavy atom. The van der Waals surface area contributed by atoms with Crippen LogP contribution in [0.1, 0.15) is 13.8 Å². The van der Waals surface area contributed by atoms with Crippen molar-refractivity contribution >= 4 is 18.0 Å². The predicted octanol–water partition coefficient (Wildman–Crippen LogP) is -3.08. The van der Waals surface area contributed by atoms with Crippen molar-refractivity contribution in [1.29, 1.82) is 0 Å². The first kappa shape index (κ1) is 20.9. The first-order valence-electron chi connectivity index (χ1n) is 5.65. The molecule has 0 fully saturated rings. The molecule has 0 aliphatic rings. The predicted molar refractivity (Wildman–Crippen MR) is 64.7 cm³/mol. The molecule has 118 valence electrons. The van der Waals surface area contributed by atoms with Crippen LogP contribution in [0.3, 0.4) is 0 Å². The first-order chi connectivity index (χ1) is 9.09. The number of aliphatic carboxylic acids is 1. The quantitative estimate of drug-likeness (QED) is 0.210. The number of Topliss-reactive ketones (excluding diaryl/α,β-unsaturated/α-hetero) is 1. The molecule has 0 saturated heterocycles. The van der Waals surface area contributed by atoms with Gasteiger partial charge in [-0.1, -0.05) is 13.8 Å². The average molecular weight is 296 g/mol. The van der Waals surface area contributed by atoms with E-state index in [4.69, 9.17) is 30.6 Å². The van der Waals surface area contributed by atoms with E-state index in [9.17, 15) is 14.4 Å². The lowest BCUT2D eigenvalue weighted by Gasteiger charge is -2.22. The van der Waals surface area contributed by atoms with Crippen LogP contribution in [0.5, 0.6) is 0 Å². The zero-order valence-electron chi connectivity index (χ0n) is 11.1. The van der Waals surface area contributed by atoms with Gasteiger partial charge in [-0.05, 0) is 0 Å². The lowest BCUT2D eigenvalue weighted by atomic mass is 10.0. The SMILES string of the molecule is CC(C)C(=O)C(=O)O.O=C[C@H](O)[C@@H](O)[C@H](O)[C@H](O)CO. The van der Waals surface area contributed by atoms with Crippen LogP contribution >= 0.6 is 0 Å². The number of aliphatic hydroxyl groups excluding tert-OH is 5. The van der Waals surface area contributed by atoms with Gasteiger partial charge < -0.3 is 35.4 Å². The summed E-state index contributed by atoms with van der Waals surface area (Å²) >= 11 is 0. The fourth-order valence-electron chi connectivity index (χ4n) is 0.865. The highest BCUT2D eigenvalue weighted by atomic mass is 16.4. The molecule has 0 unspecified atom stereocenters. The van der Waals surface area contributed by atoms with Gasteiger partial charge in [-0.3, -0.25) is 4.79 Å². The van der Waals surface area contributed by atoms with Gasteiger partial charge >= 0.3 is 5.97 Å². The zero-order valence-corrected chi connectivity index (χ0v) is 11.1. The van der Waals surface area contributed by atoms with E-state index >= 15 is 0 Å². The smallest absolute Gasteiger partial charge is 0.372 e. The molecule has 0 bridgehead atoms. The molecule has 0 aliphatic heterocycles. The summed E-state index contributed by atoms with van der Waals surface area (Å²) in [6.07, 6.45) is -6.84. The van der Waals surface area contributed by atoms with Crippen LogP contribution in [0.2, 0.25) is 0 Å². The maximum Gasteiger partial charge on any atom is 0.372 e. The molecule has 0 aromatic rings. The first-order valence-corrected chi connectivity index (χ1v) is 5.65. The second-order valence-electron chi connectivity index (χ2n) is 4.18. The molecule has 0 aromatic carbocycles. The van der Waals surface area contributed by atoms with Crippen molar-refractivity contribution in [1.82, 2.24) is 0 Å². The molecule has 0 heterocycles. The molecule has 0 aromatic heterocycles. The van der Waals surface area contributed by atoms with Crippen LogP contribution in [-0.4, -0.2) is 79.7 Å². The number of carboxylic acid groups (broad SMARTS) is 1. The van der Waals surface area contributed by atoms with Crippen LogP contribution in [-0.2, 0) is 14.4 Å². The Bertz CT molecular complexity index is 315. The second-order valence-corrected chi connectivity index (χ2v) is 4.18. The average Bonchev–Trinajstić information content (AvgIpc) is 2.43. The maximum atomic E-state index is 10.2. The van der Waals surface area contributed by atoms with Gasteiger partial charge in [-0.2, -0.15) is 0 Å². The molecule has 20 heavy (non-hydrogen) atoms. The van der Waals surface area contributed by atoms with E-state index in [-0.39, 0.29) is 6.29 Å². The number of hydrogen-bond donors (Lipinski definition) is 6. The summed E-state index contributed by atoms with van der Waals surface area (Å²) in [5.74, 6) is -2.47. The molecule has 0 saturated carbocycles. The molecular formula is C11H20O9. The van der Waals surface area contributed by atoms with Crippen molar-refractivity contribution in [3.05, 3.63) is 0 Å². The zero-order chi connectivity index (χ0) is 16.5. The highest BCUT2D eigenvalue weighted by Crippen LogP contribution is 2.02. The molecule has 0 spiro atoms. The van der Waals surface area contributed by atoms with E-state index < -0.39 is 48.7 Å². The van der Waals surface area contributed by atoms with Gasteiger partial charge in [0.15, 0.2) is 6.29 Å². The van der Waals surface area contributed by atoms with Crippen molar-refractivity contribution in [2.45, 2.75) is 38.3 Å². The standard InChI is InChI=1S/C6H12O6.C5H8O3/c7-1-3(9)5(11)6(12)4(10)2-8;1-3(2)4(6)5(7)8/h1,3-6,8-12H,2H2;3H,1-2H3,(H,7,8)/t3-,4+,5+,6+;/m0./s1. The van der Waals surface area contributed by atoms with Gasteiger partial charge in [0.05, 0.1) is 6.61 Å². The Morgan fingerprint density at radius 2 is 1.50 bits per heavy atom. The number of aldehydes is 1. The Hall–Kier alpha value is -1.39. The van der Waals surface area contributed by atoms with Gasteiger partial charge in [-0.25, -0.2) is 4.79 Å². The summed E-state index contributed by atoms with van der Waals surface area (Å²) in [6.45, 7) is 2.34. The minimum atomic E-state index is -1.79. The second kappa shape index (κ2) is 10.4. The van der Waals surface area contributed by atoms with Crippen LogP contribution in [0.25, 0.3) is 0 Å². The molecular weight excluding hydrogens is 276 g/mol. The Labute approximate surface area is 115 Å². The third-order valence-corrected chi connectivity index (χ3v) is 2.16. The van der Waals surface area contributed by atoms with Crippen LogP contribution in [0.15, 0.2) is 0 Å². The molecule has 0 amide bonds. The van der Waals surface area contributed by atoms with Crippen molar-refractivity contribution in [2.75, 3.05) is 6.61 Å². The normalized spacial score (nSPS) is 16.4. The minimum absolute atomic E-state index is 0.0258. The lowest BCUT2D eigenvalue weighted by Crippen LogP contribution is -2.46. The summed E-state index contributed by atoms with van der Waals surface area (Å²) in [5, 5.41) is 51.5. The van der Waals surface area contributed by atoms with Gasteiger partial charge in [0, 0.05) is 5.92 Å². The van der Waals surface area contributed by atoms with Gasteiger partial charge in [0.2, 0.25) is 5.78 Å². The Kier molecular flexibility index (Phi) is 10.9. The highest BCUT2D eigenvalue weighted by Gasteiger charge is 2.29. The van der Waals surface area contributed by atoms with Crippen molar-refractivity contribution < 1.29 is 45.0 Å². The number of aliphatic hydroxyl groups is 5. The monoisotopic (exact) mass is 296 g/mol. The summed E-state index contributed by atoms with van der Waals surface area (Å²) in [7, 11) is 0. The van der Waals surface area contributed by atoms with E-state index in [2.05, 4.69) is 0 Å². The third-order valence-electron chi connectivity index (χ3n) is 2.16.